The maximum absolute atomic E-state index is 12.0. The van der Waals surface area contributed by atoms with Crippen molar-refractivity contribution in [3.8, 4) is 0 Å². The first-order valence-corrected chi connectivity index (χ1v) is 13.6. The molecule has 0 aromatic rings. The van der Waals surface area contributed by atoms with Gasteiger partial charge >= 0.3 is 6.09 Å². The molecule has 0 saturated heterocycles. The van der Waals surface area contributed by atoms with E-state index < -0.39 is 6.09 Å². The van der Waals surface area contributed by atoms with Gasteiger partial charge in [-0.05, 0) is 94.3 Å². The number of amides is 1. The zero-order chi connectivity index (χ0) is 23.6. The van der Waals surface area contributed by atoms with Gasteiger partial charge in [-0.1, -0.05) is 37.3 Å². The van der Waals surface area contributed by atoms with Crippen LogP contribution < -0.4 is 5.43 Å². The standard InChI is InChI=1S/C26H39N3O3S/c1-6-32-23(31)29-28-15(2)26-22(27-16(3)33-26)14-21-19-8-7-17-13-18(30)9-11-24(17,4)20(19)10-12-25(21,26)5/h7,18-22,30H,6,8-14H2,1-5H3,(H,29,31)/b28-15+/t18-,19?,20?,21?,22+,24-,25-,26+/m0/s1. The number of fused-ring (bicyclic) bond motifs is 7. The van der Waals surface area contributed by atoms with Crippen LogP contribution in [-0.2, 0) is 4.74 Å². The van der Waals surface area contributed by atoms with Crippen LogP contribution in [0.25, 0.3) is 0 Å². The Hall–Kier alpha value is -1.34. The van der Waals surface area contributed by atoms with Gasteiger partial charge in [0.15, 0.2) is 0 Å². The highest BCUT2D eigenvalue weighted by Gasteiger charge is 2.70. The summed E-state index contributed by atoms with van der Waals surface area (Å²) in [4.78, 5) is 17.1. The molecule has 3 unspecified atom stereocenters. The number of hydrazone groups is 1. The molecule has 182 valence electrons. The van der Waals surface area contributed by atoms with Crippen molar-refractivity contribution in [2.45, 2.75) is 96.5 Å². The Bertz CT molecular complexity index is 932. The molecule has 0 bridgehead atoms. The van der Waals surface area contributed by atoms with Crippen LogP contribution in [0.1, 0.15) is 79.6 Å². The van der Waals surface area contributed by atoms with Gasteiger partial charge in [-0.25, -0.2) is 10.2 Å². The van der Waals surface area contributed by atoms with Crippen LogP contribution in [0.4, 0.5) is 4.79 Å². The second kappa shape index (κ2) is 8.11. The number of carbonyl (C=O) groups excluding carboxylic acids is 1. The molecule has 4 aliphatic carbocycles. The van der Waals surface area contributed by atoms with Crippen molar-refractivity contribution in [1.82, 2.24) is 5.43 Å². The predicted octanol–water partition coefficient (Wildman–Crippen LogP) is 5.31. The quantitative estimate of drug-likeness (QED) is 0.330. The van der Waals surface area contributed by atoms with E-state index in [2.05, 4.69) is 44.3 Å². The average Bonchev–Trinajstić information content (AvgIpc) is 3.23. The summed E-state index contributed by atoms with van der Waals surface area (Å²) in [7, 11) is 0. The largest absolute Gasteiger partial charge is 0.449 e. The topological polar surface area (TPSA) is 83.3 Å². The smallest absolute Gasteiger partial charge is 0.427 e. The SMILES string of the molecule is CCOC(=O)N/N=C(\C)[C@@]12SC(C)=N[C@@H]1CC1C3CC=C4C[C@@H](O)CC[C@]4(C)C3CC[C@@]12C. The van der Waals surface area contributed by atoms with Crippen molar-refractivity contribution >= 4 is 28.6 Å². The summed E-state index contributed by atoms with van der Waals surface area (Å²) in [6.45, 7) is 11.3. The first-order chi connectivity index (χ1) is 15.7. The van der Waals surface area contributed by atoms with Crippen LogP contribution in [0, 0.1) is 28.6 Å². The monoisotopic (exact) mass is 473 g/mol. The summed E-state index contributed by atoms with van der Waals surface area (Å²) in [6, 6.07) is 0.204. The maximum atomic E-state index is 12.0. The second-order valence-electron chi connectivity index (χ2n) is 11.4. The summed E-state index contributed by atoms with van der Waals surface area (Å²) in [5.74, 6) is 1.92. The van der Waals surface area contributed by atoms with Gasteiger partial charge in [-0.15, -0.1) is 0 Å². The molecule has 0 aromatic heterocycles. The molecule has 1 heterocycles. The molecule has 1 amide bonds. The molecule has 2 N–H and O–H groups in total. The summed E-state index contributed by atoms with van der Waals surface area (Å²) in [6.07, 6.45) is 9.31. The fraction of sp³-hybridized carbons (Fsp3) is 0.808. The van der Waals surface area contributed by atoms with Crippen molar-refractivity contribution in [3.05, 3.63) is 11.6 Å². The normalized spacial score (nSPS) is 46.4. The number of rotatable bonds is 3. The molecule has 8 atom stereocenters. The van der Waals surface area contributed by atoms with Crippen LogP contribution in [0.5, 0.6) is 0 Å². The number of carbonyl (C=O) groups is 1. The van der Waals surface area contributed by atoms with Gasteiger partial charge in [0.2, 0.25) is 0 Å². The number of aliphatic hydroxyl groups excluding tert-OH is 1. The fourth-order valence-electron chi connectivity index (χ4n) is 8.56. The summed E-state index contributed by atoms with van der Waals surface area (Å²) in [5, 5.41) is 16.0. The number of thioether (sulfide) groups is 1. The van der Waals surface area contributed by atoms with E-state index in [0.717, 1.165) is 49.3 Å². The number of aliphatic hydroxyl groups is 1. The zero-order valence-corrected chi connectivity index (χ0v) is 21.5. The van der Waals surface area contributed by atoms with Gasteiger partial charge in [0.25, 0.3) is 0 Å². The number of hydrogen-bond donors (Lipinski definition) is 2. The zero-order valence-electron chi connectivity index (χ0n) is 20.7. The third kappa shape index (κ3) is 3.28. The van der Waals surface area contributed by atoms with Crippen molar-refractivity contribution < 1.29 is 14.6 Å². The van der Waals surface area contributed by atoms with E-state index in [0.29, 0.717) is 24.4 Å². The van der Waals surface area contributed by atoms with E-state index >= 15 is 0 Å². The first-order valence-electron chi connectivity index (χ1n) is 12.7. The van der Waals surface area contributed by atoms with Crippen LogP contribution >= 0.6 is 11.8 Å². The van der Waals surface area contributed by atoms with Crippen molar-refractivity contribution in [3.63, 3.8) is 0 Å². The fourth-order valence-corrected chi connectivity index (χ4v) is 10.2. The molecular formula is C26H39N3O3S. The molecule has 3 fully saturated rings. The minimum atomic E-state index is -0.494. The molecule has 1 aliphatic heterocycles. The van der Waals surface area contributed by atoms with Crippen molar-refractivity contribution in [2.75, 3.05) is 6.61 Å². The van der Waals surface area contributed by atoms with E-state index in [9.17, 15) is 9.90 Å². The lowest BCUT2D eigenvalue weighted by molar-refractivity contribution is -0.0385. The Morgan fingerprint density at radius 2 is 2.12 bits per heavy atom. The Morgan fingerprint density at radius 3 is 2.88 bits per heavy atom. The molecule has 0 spiro atoms. The third-order valence-electron chi connectivity index (χ3n) is 10.0. The van der Waals surface area contributed by atoms with E-state index in [1.807, 2.05) is 11.8 Å². The maximum Gasteiger partial charge on any atom is 0.427 e. The summed E-state index contributed by atoms with van der Waals surface area (Å²) < 4.78 is 4.83. The molecule has 5 aliphatic rings. The third-order valence-corrected chi connectivity index (χ3v) is 11.8. The minimum absolute atomic E-state index is 0.0740. The van der Waals surface area contributed by atoms with Crippen LogP contribution in [0.2, 0.25) is 0 Å². The average molecular weight is 474 g/mol. The minimum Gasteiger partial charge on any atom is -0.449 e. The number of ether oxygens (including phenoxy) is 1. The van der Waals surface area contributed by atoms with Crippen LogP contribution in [-0.4, -0.2) is 45.5 Å². The molecule has 33 heavy (non-hydrogen) atoms. The number of nitrogens with zero attached hydrogens (tertiary/aromatic N) is 2. The van der Waals surface area contributed by atoms with Gasteiger partial charge in [0.05, 0.1) is 34.3 Å². The highest BCUT2D eigenvalue weighted by molar-refractivity contribution is 8.16. The van der Waals surface area contributed by atoms with E-state index in [4.69, 9.17) is 9.73 Å². The molecule has 3 saturated carbocycles. The summed E-state index contributed by atoms with van der Waals surface area (Å²) in [5.41, 5.74) is 5.41. The Balaban J connectivity index is 1.49. The number of allylic oxidation sites excluding steroid dienone is 1. The van der Waals surface area contributed by atoms with E-state index in [-0.39, 0.29) is 27.7 Å². The number of aliphatic imine (C=N–C) groups is 1. The molecule has 6 nitrogen and oxygen atoms in total. The molecule has 7 heteroatoms. The lowest BCUT2D eigenvalue weighted by Crippen LogP contribution is -2.57. The number of nitrogens with one attached hydrogen (secondary N) is 1. The van der Waals surface area contributed by atoms with E-state index in [1.54, 1.807) is 6.92 Å². The second-order valence-corrected chi connectivity index (χ2v) is 12.8. The molecule has 0 radical (unpaired) electrons. The molecule has 0 aromatic carbocycles. The van der Waals surface area contributed by atoms with Gasteiger partial charge in [0, 0.05) is 0 Å². The van der Waals surface area contributed by atoms with Gasteiger partial charge in [0.1, 0.15) is 0 Å². The Kier molecular flexibility index (Phi) is 5.75. The Morgan fingerprint density at radius 1 is 1.33 bits per heavy atom. The predicted molar refractivity (Wildman–Crippen MR) is 134 cm³/mol. The van der Waals surface area contributed by atoms with Gasteiger partial charge in [-0.3, -0.25) is 4.99 Å². The number of hydrogen-bond acceptors (Lipinski definition) is 6. The summed E-state index contributed by atoms with van der Waals surface area (Å²) >= 11 is 1.88. The first kappa shape index (κ1) is 23.4. The van der Waals surface area contributed by atoms with Crippen molar-refractivity contribution in [1.29, 1.82) is 0 Å². The van der Waals surface area contributed by atoms with Gasteiger partial charge in [-0.2, -0.15) is 5.10 Å². The Labute approximate surface area is 202 Å². The molecule has 5 rings (SSSR count). The van der Waals surface area contributed by atoms with Gasteiger partial charge < -0.3 is 9.84 Å². The van der Waals surface area contributed by atoms with E-state index in [1.165, 1.54) is 12.0 Å². The lowest BCUT2D eigenvalue weighted by atomic mass is 9.47. The highest BCUT2D eigenvalue weighted by atomic mass is 32.2. The molecular weight excluding hydrogens is 434 g/mol. The highest BCUT2D eigenvalue weighted by Crippen LogP contribution is 2.71. The lowest BCUT2D eigenvalue weighted by Gasteiger charge is -2.59. The van der Waals surface area contributed by atoms with Crippen LogP contribution in [0.15, 0.2) is 21.7 Å². The van der Waals surface area contributed by atoms with Crippen molar-refractivity contribution in [2.24, 2.45) is 38.7 Å². The van der Waals surface area contributed by atoms with Crippen LogP contribution in [0.3, 0.4) is 0 Å².